The van der Waals surface area contributed by atoms with Crippen molar-refractivity contribution in [3.8, 4) is 0 Å². The minimum absolute atomic E-state index is 0.161. The van der Waals surface area contributed by atoms with Gasteiger partial charge in [-0.2, -0.15) is 0 Å². The van der Waals surface area contributed by atoms with Crippen LogP contribution in [-0.4, -0.2) is 5.78 Å². The number of thioether (sulfide) groups is 4. The standard InChI is InChI=1S/C8H6OS4/c1-5(9)6-4-12-8(13-6)7-10-2-3-11-7/h2-4H,1H3. The molecule has 5 heteroatoms. The van der Waals surface area contributed by atoms with Gasteiger partial charge in [-0.1, -0.05) is 47.0 Å². The summed E-state index contributed by atoms with van der Waals surface area (Å²) >= 11 is 6.70. The smallest absolute Gasteiger partial charge is 0.167 e. The molecule has 0 unspecified atom stereocenters. The molecule has 0 spiro atoms. The first-order valence-electron chi connectivity index (χ1n) is 3.55. The number of ketones is 1. The van der Waals surface area contributed by atoms with Gasteiger partial charge in [0.1, 0.15) is 0 Å². The molecule has 1 nitrogen and oxygen atoms in total. The van der Waals surface area contributed by atoms with Crippen LogP contribution in [-0.2, 0) is 4.79 Å². The fraction of sp³-hybridized carbons (Fsp3) is 0.125. The largest absolute Gasteiger partial charge is 0.294 e. The van der Waals surface area contributed by atoms with E-state index in [-0.39, 0.29) is 5.78 Å². The lowest BCUT2D eigenvalue weighted by Crippen LogP contribution is -1.87. The molecule has 0 aromatic rings. The van der Waals surface area contributed by atoms with E-state index >= 15 is 0 Å². The summed E-state index contributed by atoms with van der Waals surface area (Å²) in [5, 5.41) is 6.08. The van der Waals surface area contributed by atoms with E-state index in [0.717, 1.165) is 4.91 Å². The summed E-state index contributed by atoms with van der Waals surface area (Å²) in [4.78, 5) is 11.9. The van der Waals surface area contributed by atoms with Crippen molar-refractivity contribution in [1.29, 1.82) is 0 Å². The van der Waals surface area contributed by atoms with Gasteiger partial charge < -0.3 is 0 Å². The predicted octanol–water partition coefficient (Wildman–Crippen LogP) is 3.97. The van der Waals surface area contributed by atoms with E-state index in [1.807, 2.05) is 5.41 Å². The molecule has 0 N–H and O–H groups in total. The molecule has 2 aliphatic rings. The minimum Gasteiger partial charge on any atom is -0.294 e. The number of allylic oxidation sites excluding steroid dienone is 1. The molecule has 0 saturated carbocycles. The summed E-state index contributed by atoms with van der Waals surface area (Å²) in [5.41, 5.74) is 0. The molecule has 0 aliphatic carbocycles. The first kappa shape index (κ1) is 9.83. The first-order chi connectivity index (χ1) is 6.27. The van der Waals surface area contributed by atoms with Crippen LogP contribution in [0.1, 0.15) is 6.92 Å². The van der Waals surface area contributed by atoms with Crippen molar-refractivity contribution in [2.45, 2.75) is 6.92 Å². The van der Waals surface area contributed by atoms with Gasteiger partial charge in [0.25, 0.3) is 0 Å². The van der Waals surface area contributed by atoms with Gasteiger partial charge in [-0.3, -0.25) is 4.79 Å². The van der Waals surface area contributed by atoms with Crippen LogP contribution in [0, 0.1) is 0 Å². The number of Topliss-reactive ketones (excluding diaryl/α,β-unsaturated/α-hetero) is 1. The lowest BCUT2D eigenvalue weighted by Gasteiger charge is -1.99. The van der Waals surface area contributed by atoms with Crippen molar-refractivity contribution < 1.29 is 4.79 Å². The Morgan fingerprint density at radius 2 is 1.85 bits per heavy atom. The van der Waals surface area contributed by atoms with Crippen molar-refractivity contribution in [3.63, 3.8) is 0 Å². The third-order valence-corrected chi connectivity index (χ3v) is 6.52. The predicted molar refractivity (Wildman–Crippen MR) is 65.3 cm³/mol. The van der Waals surface area contributed by atoms with Gasteiger partial charge in [-0.05, 0) is 23.1 Å². The average Bonchev–Trinajstić information content (AvgIpc) is 2.75. The Morgan fingerprint density at radius 3 is 2.38 bits per heavy atom. The van der Waals surface area contributed by atoms with Crippen LogP contribution in [0.5, 0.6) is 0 Å². The van der Waals surface area contributed by atoms with E-state index in [1.165, 1.54) is 8.47 Å². The highest BCUT2D eigenvalue weighted by Crippen LogP contribution is 2.53. The molecule has 0 fully saturated rings. The van der Waals surface area contributed by atoms with Crippen molar-refractivity contribution in [3.05, 3.63) is 29.6 Å². The van der Waals surface area contributed by atoms with E-state index < -0.39 is 0 Å². The van der Waals surface area contributed by atoms with Crippen LogP contribution in [0.15, 0.2) is 29.6 Å². The van der Waals surface area contributed by atoms with Gasteiger partial charge in [0.15, 0.2) is 5.78 Å². The van der Waals surface area contributed by atoms with Crippen LogP contribution in [0.2, 0.25) is 0 Å². The zero-order chi connectivity index (χ0) is 9.26. The minimum atomic E-state index is 0.161. The van der Waals surface area contributed by atoms with Gasteiger partial charge in [-0.15, -0.1) is 0 Å². The van der Waals surface area contributed by atoms with Gasteiger partial charge in [0.2, 0.25) is 0 Å². The fourth-order valence-corrected chi connectivity index (χ4v) is 5.20. The summed E-state index contributed by atoms with van der Waals surface area (Å²) in [7, 11) is 0. The number of hydrogen-bond donors (Lipinski definition) is 0. The van der Waals surface area contributed by atoms with Crippen LogP contribution < -0.4 is 0 Å². The molecule has 0 radical (unpaired) electrons. The van der Waals surface area contributed by atoms with Gasteiger partial charge >= 0.3 is 0 Å². The molecule has 0 bridgehead atoms. The number of carbonyl (C=O) groups is 1. The maximum atomic E-state index is 11.1. The second kappa shape index (κ2) is 4.21. The zero-order valence-corrected chi connectivity index (χ0v) is 10.0. The maximum Gasteiger partial charge on any atom is 0.167 e. The highest BCUT2D eigenvalue weighted by molar-refractivity contribution is 8.33. The highest BCUT2D eigenvalue weighted by atomic mass is 32.2. The van der Waals surface area contributed by atoms with Gasteiger partial charge in [0.05, 0.1) is 13.4 Å². The molecule has 13 heavy (non-hydrogen) atoms. The lowest BCUT2D eigenvalue weighted by molar-refractivity contribution is -0.112. The van der Waals surface area contributed by atoms with E-state index in [9.17, 15) is 4.79 Å². The van der Waals surface area contributed by atoms with Crippen molar-refractivity contribution in [2.75, 3.05) is 0 Å². The number of rotatable bonds is 1. The van der Waals surface area contributed by atoms with Crippen LogP contribution in [0.4, 0.5) is 0 Å². The Bertz CT molecular complexity index is 330. The molecule has 68 valence electrons. The van der Waals surface area contributed by atoms with Crippen LogP contribution >= 0.6 is 47.0 Å². The van der Waals surface area contributed by atoms with E-state index in [0.29, 0.717) is 0 Å². The van der Waals surface area contributed by atoms with E-state index in [2.05, 4.69) is 10.8 Å². The van der Waals surface area contributed by atoms with Crippen molar-refractivity contribution >= 4 is 52.8 Å². The zero-order valence-electron chi connectivity index (χ0n) is 6.77. The summed E-state index contributed by atoms with van der Waals surface area (Å²) in [6, 6.07) is 0. The molecular formula is C8H6OS4. The summed E-state index contributed by atoms with van der Waals surface area (Å²) in [6.45, 7) is 1.61. The molecule has 0 aromatic carbocycles. The second-order valence-electron chi connectivity index (χ2n) is 2.34. The third kappa shape index (κ3) is 2.21. The number of hydrogen-bond acceptors (Lipinski definition) is 5. The highest BCUT2D eigenvalue weighted by Gasteiger charge is 2.20. The average molecular weight is 246 g/mol. The molecule has 2 rings (SSSR count). The summed E-state index contributed by atoms with van der Waals surface area (Å²) in [5.74, 6) is 0.161. The summed E-state index contributed by atoms with van der Waals surface area (Å²) in [6.07, 6.45) is 0. The third-order valence-electron chi connectivity index (χ3n) is 1.40. The Morgan fingerprint density at radius 1 is 1.15 bits per heavy atom. The quantitative estimate of drug-likeness (QED) is 0.694. The maximum absolute atomic E-state index is 11.1. The lowest BCUT2D eigenvalue weighted by atomic mass is 10.4. The van der Waals surface area contributed by atoms with Gasteiger partial charge in [0, 0.05) is 0 Å². The first-order valence-corrected chi connectivity index (χ1v) is 7.01. The normalized spacial score (nSPS) is 21.2. The summed E-state index contributed by atoms with van der Waals surface area (Å²) < 4.78 is 2.53. The fourth-order valence-electron chi connectivity index (χ4n) is 0.803. The van der Waals surface area contributed by atoms with E-state index in [4.69, 9.17) is 0 Å². The molecule has 0 amide bonds. The second-order valence-corrected chi connectivity index (χ2v) is 6.62. The van der Waals surface area contributed by atoms with Crippen molar-refractivity contribution in [2.24, 2.45) is 0 Å². The molecule has 2 aliphatic heterocycles. The molecule has 0 saturated heterocycles. The molecule has 0 atom stereocenters. The topological polar surface area (TPSA) is 17.1 Å². The Kier molecular flexibility index (Phi) is 3.18. The number of carbonyl (C=O) groups excluding carboxylic acids is 1. The Labute approximate surface area is 93.9 Å². The van der Waals surface area contributed by atoms with Crippen molar-refractivity contribution in [1.82, 2.24) is 0 Å². The van der Waals surface area contributed by atoms with Gasteiger partial charge in [-0.25, -0.2) is 0 Å². The molecular weight excluding hydrogens is 240 g/mol. The van der Waals surface area contributed by atoms with Crippen LogP contribution in [0.25, 0.3) is 0 Å². The molecule has 2 heterocycles. The monoisotopic (exact) mass is 246 g/mol. The SMILES string of the molecule is CC(=O)C1=CSC(=C2SC=CS2)S1. The van der Waals surface area contributed by atoms with E-state index in [1.54, 1.807) is 54.0 Å². The Hall–Kier alpha value is 0.290. The van der Waals surface area contributed by atoms with Crippen LogP contribution in [0.3, 0.4) is 0 Å². The Balaban J connectivity index is 2.10. The molecule has 0 aromatic heterocycles.